The standard InChI is InChI=1S/C9H8F3NO3S/c10-9(11,12)17-5-4-16-6-2-1-3-13-7(6)8(14)15/h1-3H,4-5H2,(H,14,15). The van der Waals surface area contributed by atoms with Gasteiger partial charge in [0.15, 0.2) is 11.4 Å². The van der Waals surface area contributed by atoms with Crippen LogP contribution < -0.4 is 4.74 Å². The van der Waals surface area contributed by atoms with Crippen LogP contribution in [0.3, 0.4) is 0 Å². The zero-order valence-electron chi connectivity index (χ0n) is 8.40. The second-order valence-corrected chi connectivity index (χ2v) is 3.96. The highest BCUT2D eigenvalue weighted by molar-refractivity contribution is 8.00. The molecule has 17 heavy (non-hydrogen) atoms. The van der Waals surface area contributed by atoms with Crippen LogP contribution in [0.15, 0.2) is 18.3 Å². The molecule has 0 aliphatic rings. The van der Waals surface area contributed by atoms with E-state index in [-0.39, 0.29) is 35.6 Å². The molecule has 0 spiro atoms. The van der Waals surface area contributed by atoms with Crippen molar-refractivity contribution in [2.45, 2.75) is 5.51 Å². The summed E-state index contributed by atoms with van der Waals surface area (Å²) < 4.78 is 40.3. The maximum absolute atomic E-state index is 11.8. The van der Waals surface area contributed by atoms with Gasteiger partial charge in [0.2, 0.25) is 0 Å². The van der Waals surface area contributed by atoms with Gasteiger partial charge in [0.25, 0.3) is 0 Å². The largest absolute Gasteiger partial charge is 0.490 e. The van der Waals surface area contributed by atoms with E-state index in [2.05, 4.69) is 4.98 Å². The summed E-state index contributed by atoms with van der Waals surface area (Å²) in [5, 5.41) is 8.72. The molecule has 0 atom stereocenters. The number of rotatable bonds is 5. The number of aromatic nitrogens is 1. The molecule has 0 aliphatic heterocycles. The van der Waals surface area contributed by atoms with E-state index in [1.54, 1.807) is 0 Å². The molecule has 1 aromatic heterocycles. The predicted octanol–water partition coefficient (Wildman–Crippen LogP) is 2.41. The minimum atomic E-state index is -4.31. The second kappa shape index (κ2) is 5.76. The van der Waals surface area contributed by atoms with Crippen molar-refractivity contribution in [2.24, 2.45) is 0 Å². The Hall–Kier alpha value is -1.44. The lowest BCUT2D eigenvalue weighted by atomic mass is 10.3. The van der Waals surface area contributed by atoms with Crippen LogP contribution in [0.2, 0.25) is 0 Å². The van der Waals surface area contributed by atoms with E-state index in [9.17, 15) is 18.0 Å². The van der Waals surface area contributed by atoms with E-state index >= 15 is 0 Å². The summed E-state index contributed by atoms with van der Waals surface area (Å²) in [6, 6.07) is 2.79. The van der Waals surface area contributed by atoms with E-state index in [0.717, 1.165) is 0 Å². The van der Waals surface area contributed by atoms with Crippen LogP contribution in [0.5, 0.6) is 5.75 Å². The summed E-state index contributed by atoms with van der Waals surface area (Å²) in [6.45, 7) is -0.240. The van der Waals surface area contributed by atoms with Crippen LogP contribution in [0, 0.1) is 0 Å². The first kappa shape index (κ1) is 13.6. The molecule has 4 nitrogen and oxygen atoms in total. The molecule has 0 unspecified atom stereocenters. The van der Waals surface area contributed by atoms with E-state index < -0.39 is 11.5 Å². The van der Waals surface area contributed by atoms with Gasteiger partial charge in [-0.1, -0.05) is 0 Å². The third kappa shape index (κ3) is 4.94. The van der Waals surface area contributed by atoms with Crippen LogP contribution in [-0.4, -0.2) is 33.9 Å². The number of alkyl halides is 3. The van der Waals surface area contributed by atoms with Gasteiger partial charge in [-0.05, 0) is 23.9 Å². The monoisotopic (exact) mass is 267 g/mol. The first-order valence-corrected chi connectivity index (χ1v) is 5.40. The SMILES string of the molecule is O=C(O)c1ncccc1OCCSC(F)(F)F. The van der Waals surface area contributed by atoms with Gasteiger partial charge >= 0.3 is 11.5 Å². The van der Waals surface area contributed by atoms with Gasteiger partial charge in [0.05, 0.1) is 6.61 Å². The summed E-state index contributed by atoms with van der Waals surface area (Å²) in [6.07, 6.45) is 1.26. The Labute approximate surface area is 98.8 Å². The molecule has 94 valence electrons. The first-order valence-electron chi connectivity index (χ1n) is 4.42. The summed E-state index contributed by atoms with van der Waals surface area (Å²) in [4.78, 5) is 14.2. The van der Waals surface area contributed by atoms with Crippen molar-refractivity contribution in [2.75, 3.05) is 12.4 Å². The van der Waals surface area contributed by atoms with Crippen LogP contribution in [0.25, 0.3) is 0 Å². The molecular weight excluding hydrogens is 259 g/mol. The highest BCUT2D eigenvalue weighted by Crippen LogP contribution is 2.29. The Morgan fingerprint density at radius 3 is 2.82 bits per heavy atom. The third-order valence-electron chi connectivity index (χ3n) is 1.58. The highest BCUT2D eigenvalue weighted by atomic mass is 32.2. The van der Waals surface area contributed by atoms with E-state index in [1.165, 1.54) is 18.3 Å². The smallest absolute Gasteiger partial charge is 0.441 e. The molecule has 0 radical (unpaired) electrons. The van der Waals surface area contributed by atoms with Gasteiger partial charge in [-0.25, -0.2) is 9.78 Å². The number of hydrogen-bond donors (Lipinski definition) is 1. The predicted molar refractivity (Wildman–Crippen MR) is 55.2 cm³/mol. The molecule has 0 aromatic carbocycles. The zero-order valence-corrected chi connectivity index (χ0v) is 9.22. The van der Waals surface area contributed by atoms with Crippen LogP contribution in [0.4, 0.5) is 13.2 Å². The fraction of sp³-hybridized carbons (Fsp3) is 0.333. The van der Waals surface area contributed by atoms with Crippen LogP contribution >= 0.6 is 11.8 Å². The number of halogens is 3. The summed E-state index contributed by atoms with van der Waals surface area (Å²) in [5.74, 6) is -1.64. The molecule has 0 fully saturated rings. The Morgan fingerprint density at radius 1 is 1.53 bits per heavy atom. The van der Waals surface area contributed by atoms with Crippen molar-refractivity contribution in [3.8, 4) is 5.75 Å². The van der Waals surface area contributed by atoms with Gasteiger partial charge in [0.1, 0.15) is 0 Å². The topological polar surface area (TPSA) is 59.4 Å². The molecule has 0 saturated heterocycles. The highest BCUT2D eigenvalue weighted by Gasteiger charge is 2.27. The van der Waals surface area contributed by atoms with Gasteiger partial charge in [-0.15, -0.1) is 0 Å². The number of carbonyl (C=O) groups is 1. The van der Waals surface area contributed by atoms with E-state index in [4.69, 9.17) is 9.84 Å². The van der Waals surface area contributed by atoms with Crippen molar-refractivity contribution in [3.63, 3.8) is 0 Å². The zero-order chi connectivity index (χ0) is 12.9. The lowest BCUT2D eigenvalue weighted by Crippen LogP contribution is -2.10. The molecule has 1 aromatic rings. The third-order valence-corrected chi connectivity index (χ3v) is 2.28. The van der Waals surface area contributed by atoms with Gasteiger partial charge in [0, 0.05) is 11.9 Å². The van der Waals surface area contributed by atoms with Crippen molar-refractivity contribution in [1.82, 2.24) is 4.98 Å². The summed E-state index contributed by atoms with van der Waals surface area (Å²) >= 11 is -0.226. The Morgan fingerprint density at radius 2 is 2.24 bits per heavy atom. The average Bonchev–Trinajstić information content (AvgIpc) is 2.23. The lowest BCUT2D eigenvalue weighted by molar-refractivity contribution is -0.0329. The van der Waals surface area contributed by atoms with Crippen molar-refractivity contribution < 1.29 is 27.8 Å². The fourth-order valence-electron chi connectivity index (χ4n) is 0.977. The molecule has 1 N–H and O–H groups in total. The number of aromatic carboxylic acids is 1. The number of carboxylic acid groups (broad SMARTS) is 1. The number of nitrogens with zero attached hydrogens (tertiary/aromatic N) is 1. The van der Waals surface area contributed by atoms with E-state index in [1.807, 2.05) is 0 Å². The lowest BCUT2D eigenvalue weighted by Gasteiger charge is -2.08. The van der Waals surface area contributed by atoms with Gasteiger partial charge in [-0.3, -0.25) is 0 Å². The number of carboxylic acids is 1. The second-order valence-electron chi connectivity index (χ2n) is 2.80. The Balaban J connectivity index is 2.49. The van der Waals surface area contributed by atoms with Crippen LogP contribution in [0.1, 0.15) is 10.5 Å². The average molecular weight is 267 g/mol. The number of thioether (sulfide) groups is 1. The minimum Gasteiger partial charge on any atom is -0.490 e. The quantitative estimate of drug-likeness (QED) is 0.830. The normalized spacial score (nSPS) is 11.2. The molecule has 1 heterocycles. The number of hydrogen-bond acceptors (Lipinski definition) is 4. The van der Waals surface area contributed by atoms with Crippen molar-refractivity contribution in [3.05, 3.63) is 24.0 Å². The molecule has 0 aliphatic carbocycles. The minimum absolute atomic E-state index is 0.0391. The molecule has 0 amide bonds. The first-order chi connectivity index (χ1) is 7.90. The summed E-state index contributed by atoms with van der Waals surface area (Å²) in [5.41, 5.74) is -4.63. The maximum atomic E-state index is 11.8. The number of ether oxygens (including phenoxy) is 1. The molecular formula is C9H8F3NO3S. The van der Waals surface area contributed by atoms with E-state index in [0.29, 0.717) is 0 Å². The number of pyridine rings is 1. The van der Waals surface area contributed by atoms with Crippen molar-refractivity contribution in [1.29, 1.82) is 0 Å². The molecule has 0 bridgehead atoms. The van der Waals surface area contributed by atoms with Crippen LogP contribution in [-0.2, 0) is 0 Å². The van der Waals surface area contributed by atoms with Gasteiger partial charge in [-0.2, -0.15) is 13.2 Å². The Kier molecular flexibility index (Phi) is 4.62. The molecule has 8 heteroatoms. The van der Waals surface area contributed by atoms with Crippen molar-refractivity contribution >= 4 is 17.7 Å². The Bertz CT molecular complexity index is 397. The summed E-state index contributed by atoms with van der Waals surface area (Å²) in [7, 11) is 0. The van der Waals surface area contributed by atoms with Gasteiger partial charge < -0.3 is 9.84 Å². The molecule has 1 rings (SSSR count). The molecule has 0 saturated carbocycles. The fourth-order valence-corrected chi connectivity index (χ4v) is 1.37. The maximum Gasteiger partial charge on any atom is 0.441 e.